The second kappa shape index (κ2) is 4.06. The Morgan fingerprint density at radius 2 is 1.88 bits per heavy atom. The van der Waals surface area contributed by atoms with Gasteiger partial charge in [0.1, 0.15) is 11.5 Å². The quantitative estimate of drug-likeness (QED) is 0.812. The van der Waals surface area contributed by atoms with Crippen molar-refractivity contribution in [1.82, 2.24) is 0 Å². The topological polar surface area (TPSA) is 46.5 Å². The molecule has 1 aliphatic heterocycles. The molecule has 1 aliphatic rings. The summed E-state index contributed by atoms with van der Waals surface area (Å²) in [6.45, 7) is 7.26. The highest BCUT2D eigenvalue weighted by Gasteiger charge is 2.28. The van der Waals surface area contributed by atoms with Crippen LogP contribution in [0.1, 0.15) is 35.6 Å². The van der Waals surface area contributed by atoms with Crippen LogP contribution in [0.3, 0.4) is 0 Å². The Bertz CT molecular complexity index is 489. The molecule has 0 saturated carbocycles. The molecule has 1 heterocycles. The van der Waals surface area contributed by atoms with Crippen molar-refractivity contribution in [2.45, 2.75) is 46.6 Å². The van der Waals surface area contributed by atoms with Crippen LogP contribution in [-0.4, -0.2) is 17.0 Å². The number of ketones is 1. The van der Waals surface area contributed by atoms with E-state index in [4.69, 9.17) is 4.74 Å². The monoisotopic (exact) mass is 234 g/mol. The molecule has 2 rings (SSSR count). The van der Waals surface area contributed by atoms with Gasteiger partial charge in [0.2, 0.25) is 0 Å². The lowest BCUT2D eigenvalue weighted by Crippen LogP contribution is -2.30. The van der Waals surface area contributed by atoms with Gasteiger partial charge >= 0.3 is 0 Å². The van der Waals surface area contributed by atoms with Gasteiger partial charge in [0.05, 0.1) is 0 Å². The molecule has 1 atom stereocenters. The van der Waals surface area contributed by atoms with Crippen LogP contribution in [0.4, 0.5) is 0 Å². The second-order valence-corrected chi connectivity index (χ2v) is 4.79. The van der Waals surface area contributed by atoms with Crippen molar-refractivity contribution < 1.29 is 14.6 Å². The molecule has 0 unspecified atom stereocenters. The van der Waals surface area contributed by atoms with Crippen molar-refractivity contribution in [3.05, 3.63) is 22.3 Å². The number of aromatic hydroxyl groups is 1. The van der Waals surface area contributed by atoms with Gasteiger partial charge in [0, 0.05) is 5.56 Å². The molecule has 0 saturated heterocycles. The Hall–Kier alpha value is -1.51. The normalized spacial score (nSPS) is 18.5. The molecule has 17 heavy (non-hydrogen) atoms. The van der Waals surface area contributed by atoms with Crippen LogP contribution in [0.15, 0.2) is 0 Å². The van der Waals surface area contributed by atoms with Gasteiger partial charge in [-0.2, -0.15) is 0 Å². The fourth-order valence-electron chi connectivity index (χ4n) is 2.39. The number of Topliss-reactive ketones (excluding diaryl/α,β-unsaturated/α-hetero) is 1. The van der Waals surface area contributed by atoms with Crippen molar-refractivity contribution in [2.75, 3.05) is 0 Å². The van der Waals surface area contributed by atoms with Gasteiger partial charge in [0.25, 0.3) is 0 Å². The van der Waals surface area contributed by atoms with E-state index in [2.05, 4.69) is 0 Å². The predicted molar refractivity (Wildman–Crippen MR) is 65.7 cm³/mol. The summed E-state index contributed by atoms with van der Waals surface area (Å²) in [5.41, 5.74) is 3.70. The minimum absolute atomic E-state index is 0.0680. The van der Waals surface area contributed by atoms with Crippen molar-refractivity contribution >= 4 is 5.78 Å². The number of phenolic OH excluding ortho intramolecular Hbond substituents is 1. The molecule has 0 bridgehead atoms. The van der Waals surface area contributed by atoms with E-state index in [0.29, 0.717) is 12.2 Å². The van der Waals surface area contributed by atoms with E-state index in [9.17, 15) is 9.90 Å². The van der Waals surface area contributed by atoms with Gasteiger partial charge < -0.3 is 9.84 Å². The summed E-state index contributed by atoms with van der Waals surface area (Å²) in [5.74, 6) is 1.22. The summed E-state index contributed by atoms with van der Waals surface area (Å²) < 4.78 is 5.78. The number of carbonyl (C=O) groups excluding carboxylic acids is 1. The summed E-state index contributed by atoms with van der Waals surface area (Å²) in [6, 6.07) is 0. The molecule has 0 spiro atoms. The zero-order valence-electron chi connectivity index (χ0n) is 10.8. The first-order valence-corrected chi connectivity index (χ1v) is 5.92. The molecule has 1 aromatic carbocycles. The number of rotatable bonds is 1. The van der Waals surface area contributed by atoms with E-state index in [1.165, 1.54) is 0 Å². The highest BCUT2D eigenvalue weighted by molar-refractivity contribution is 5.81. The number of hydrogen-bond donors (Lipinski definition) is 1. The van der Waals surface area contributed by atoms with Crippen LogP contribution in [0.25, 0.3) is 0 Å². The Kier molecular flexibility index (Phi) is 2.86. The summed E-state index contributed by atoms with van der Waals surface area (Å²) in [5, 5.41) is 10.00. The van der Waals surface area contributed by atoms with Gasteiger partial charge in [-0.05, 0) is 57.2 Å². The lowest BCUT2D eigenvalue weighted by Gasteiger charge is -2.28. The third kappa shape index (κ3) is 1.79. The average Bonchev–Trinajstić information content (AvgIpc) is 2.32. The van der Waals surface area contributed by atoms with E-state index in [1.54, 1.807) is 6.92 Å². The Morgan fingerprint density at radius 3 is 2.47 bits per heavy atom. The highest BCUT2D eigenvalue weighted by atomic mass is 16.5. The fraction of sp³-hybridized carbons (Fsp3) is 0.500. The zero-order chi connectivity index (χ0) is 12.7. The number of ether oxygens (including phenoxy) is 1. The minimum atomic E-state index is -0.329. The third-order valence-corrected chi connectivity index (χ3v) is 3.71. The number of phenols is 1. The van der Waals surface area contributed by atoms with Crippen LogP contribution in [0.5, 0.6) is 11.5 Å². The van der Waals surface area contributed by atoms with Crippen LogP contribution >= 0.6 is 0 Å². The van der Waals surface area contributed by atoms with Crippen molar-refractivity contribution in [3.63, 3.8) is 0 Å². The highest BCUT2D eigenvalue weighted by Crippen LogP contribution is 2.40. The van der Waals surface area contributed by atoms with Crippen molar-refractivity contribution in [1.29, 1.82) is 0 Å². The van der Waals surface area contributed by atoms with E-state index in [0.717, 1.165) is 34.4 Å². The number of carbonyl (C=O) groups is 1. The van der Waals surface area contributed by atoms with Crippen LogP contribution in [0, 0.1) is 20.8 Å². The maximum absolute atomic E-state index is 11.4. The lowest BCUT2D eigenvalue weighted by atomic mass is 9.91. The second-order valence-electron chi connectivity index (χ2n) is 4.79. The van der Waals surface area contributed by atoms with Gasteiger partial charge in [-0.3, -0.25) is 4.79 Å². The van der Waals surface area contributed by atoms with E-state index >= 15 is 0 Å². The predicted octanol–water partition coefficient (Wildman–Crippen LogP) is 2.60. The number of fused-ring (bicyclic) bond motifs is 1. The summed E-state index contributed by atoms with van der Waals surface area (Å²) in [4.78, 5) is 11.4. The summed E-state index contributed by atoms with van der Waals surface area (Å²) in [6.07, 6.45) is 1.16. The largest absolute Gasteiger partial charge is 0.507 e. The molecule has 3 heteroatoms. The Balaban J connectivity index is 2.55. The molecule has 1 aromatic rings. The molecule has 0 aromatic heterocycles. The first-order valence-electron chi connectivity index (χ1n) is 5.92. The molecule has 1 N–H and O–H groups in total. The Labute approximate surface area is 101 Å². The molecule has 0 fully saturated rings. The van der Waals surface area contributed by atoms with Gasteiger partial charge in [0.15, 0.2) is 11.9 Å². The maximum atomic E-state index is 11.4. The smallest absolute Gasteiger partial charge is 0.170 e. The van der Waals surface area contributed by atoms with Crippen LogP contribution in [0.2, 0.25) is 0 Å². The number of benzene rings is 1. The fourth-order valence-corrected chi connectivity index (χ4v) is 2.39. The molecule has 0 radical (unpaired) electrons. The SMILES string of the molecule is CC(=O)[C@H]1CCc2c(C)c(O)c(C)c(C)c2O1. The maximum Gasteiger partial charge on any atom is 0.170 e. The summed E-state index contributed by atoms with van der Waals surface area (Å²) >= 11 is 0. The lowest BCUT2D eigenvalue weighted by molar-refractivity contribution is -0.124. The minimum Gasteiger partial charge on any atom is -0.507 e. The molecular weight excluding hydrogens is 216 g/mol. The average molecular weight is 234 g/mol. The van der Waals surface area contributed by atoms with Crippen molar-refractivity contribution in [2.24, 2.45) is 0 Å². The molecule has 0 amide bonds. The molecule has 92 valence electrons. The Morgan fingerprint density at radius 1 is 1.24 bits per heavy atom. The van der Waals surface area contributed by atoms with Crippen molar-refractivity contribution in [3.8, 4) is 11.5 Å². The standard InChI is InChI=1S/C14H18O3/c1-7-8(2)14-11(9(3)13(7)16)5-6-12(17-14)10(4)15/h12,16H,5-6H2,1-4H3/t12-/m1/s1. The molecule has 3 nitrogen and oxygen atoms in total. The molecule has 0 aliphatic carbocycles. The first-order chi connectivity index (χ1) is 7.93. The van der Waals surface area contributed by atoms with E-state index < -0.39 is 0 Å². The summed E-state index contributed by atoms with van der Waals surface area (Å²) in [7, 11) is 0. The van der Waals surface area contributed by atoms with Gasteiger partial charge in [-0.1, -0.05) is 0 Å². The van der Waals surface area contributed by atoms with E-state index in [-0.39, 0.29) is 11.9 Å². The first kappa shape index (κ1) is 12.0. The van der Waals surface area contributed by atoms with Gasteiger partial charge in [-0.15, -0.1) is 0 Å². The van der Waals surface area contributed by atoms with Crippen LogP contribution < -0.4 is 4.74 Å². The van der Waals surface area contributed by atoms with Crippen LogP contribution in [-0.2, 0) is 11.2 Å². The zero-order valence-corrected chi connectivity index (χ0v) is 10.8. The molecular formula is C14H18O3. The van der Waals surface area contributed by atoms with E-state index in [1.807, 2.05) is 20.8 Å². The third-order valence-electron chi connectivity index (χ3n) is 3.71. The number of hydrogen-bond acceptors (Lipinski definition) is 3. The van der Waals surface area contributed by atoms with Gasteiger partial charge in [-0.25, -0.2) is 0 Å².